The molecular formula is C24H25F3N6O. The molecule has 4 heterocycles. The van der Waals surface area contributed by atoms with Crippen LogP contribution in [0.15, 0.2) is 42.7 Å². The van der Waals surface area contributed by atoms with Crippen LogP contribution in [-0.4, -0.2) is 49.7 Å². The molecule has 2 aliphatic rings. The number of hydrogen-bond acceptors (Lipinski definition) is 5. The van der Waals surface area contributed by atoms with Gasteiger partial charge in [0.25, 0.3) is 5.91 Å². The van der Waals surface area contributed by atoms with Gasteiger partial charge in [0.2, 0.25) is 0 Å². The molecule has 1 saturated heterocycles. The Morgan fingerprint density at radius 3 is 2.56 bits per heavy atom. The monoisotopic (exact) mass is 470 g/mol. The molecule has 0 bridgehead atoms. The molecule has 1 aliphatic carbocycles. The van der Waals surface area contributed by atoms with Crippen molar-refractivity contribution in [3.05, 3.63) is 65.4 Å². The van der Waals surface area contributed by atoms with Crippen LogP contribution >= 0.6 is 0 Å². The summed E-state index contributed by atoms with van der Waals surface area (Å²) >= 11 is 0. The topological polar surface area (TPSA) is 75.9 Å². The highest BCUT2D eigenvalue weighted by Gasteiger charge is 2.53. The van der Waals surface area contributed by atoms with E-state index in [9.17, 15) is 18.0 Å². The number of halogens is 3. The molecule has 3 aromatic heterocycles. The molecular weight excluding hydrogens is 445 g/mol. The van der Waals surface area contributed by atoms with E-state index in [1.807, 2.05) is 36.9 Å². The first kappa shape index (κ1) is 22.4. The lowest BCUT2D eigenvalue weighted by Gasteiger charge is -2.26. The zero-order valence-corrected chi connectivity index (χ0v) is 18.9. The Hall–Kier alpha value is -3.43. The zero-order valence-electron chi connectivity index (χ0n) is 18.9. The summed E-state index contributed by atoms with van der Waals surface area (Å²) in [6.45, 7) is 4.77. The first-order valence-electron chi connectivity index (χ1n) is 11.2. The smallest absolute Gasteiger partial charge is 0.368 e. The summed E-state index contributed by atoms with van der Waals surface area (Å²) in [5.41, 5.74) is 1.87. The summed E-state index contributed by atoms with van der Waals surface area (Å²) in [7, 11) is 0. The number of amides is 1. The van der Waals surface area contributed by atoms with Crippen LogP contribution in [0.5, 0.6) is 0 Å². The maximum absolute atomic E-state index is 13.7. The Labute approximate surface area is 195 Å². The average molecular weight is 470 g/mol. The molecule has 3 aromatic rings. The van der Waals surface area contributed by atoms with E-state index in [2.05, 4.69) is 20.4 Å². The van der Waals surface area contributed by atoms with Gasteiger partial charge >= 0.3 is 6.18 Å². The molecule has 0 radical (unpaired) electrons. The summed E-state index contributed by atoms with van der Waals surface area (Å²) in [4.78, 5) is 24.1. The van der Waals surface area contributed by atoms with Crippen molar-refractivity contribution in [2.45, 2.75) is 45.3 Å². The van der Waals surface area contributed by atoms with Crippen LogP contribution in [0.3, 0.4) is 0 Å². The molecule has 1 unspecified atom stereocenters. The van der Waals surface area contributed by atoms with Crippen molar-refractivity contribution in [3.8, 4) is 5.69 Å². The number of nitrogens with one attached hydrogen (secondary N) is 1. The van der Waals surface area contributed by atoms with Gasteiger partial charge in [0, 0.05) is 37.2 Å². The van der Waals surface area contributed by atoms with Gasteiger partial charge in [-0.15, -0.1) is 0 Å². The maximum atomic E-state index is 13.7. The maximum Gasteiger partial charge on any atom is 0.417 e. The van der Waals surface area contributed by atoms with E-state index in [0.29, 0.717) is 30.3 Å². The van der Waals surface area contributed by atoms with Crippen LogP contribution in [0.4, 0.5) is 19.0 Å². The first-order chi connectivity index (χ1) is 16.1. The minimum absolute atomic E-state index is 0.117. The van der Waals surface area contributed by atoms with Crippen molar-refractivity contribution in [3.63, 3.8) is 0 Å². The average Bonchev–Trinajstić information content (AvgIpc) is 3.24. The first-order valence-corrected chi connectivity index (χ1v) is 11.2. The fourth-order valence-corrected chi connectivity index (χ4v) is 4.59. The summed E-state index contributed by atoms with van der Waals surface area (Å²) in [5, 5.41) is 7.56. The van der Waals surface area contributed by atoms with Crippen molar-refractivity contribution < 1.29 is 18.0 Å². The highest BCUT2D eigenvalue weighted by atomic mass is 19.4. The van der Waals surface area contributed by atoms with Gasteiger partial charge in [-0.05, 0) is 68.9 Å². The Bertz CT molecular complexity index is 1220. The third-order valence-corrected chi connectivity index (χ3v) is 6.63. The number of rotatable bonds is 5. The molecule has 7 nitrogen and oxygen atoms in total. The summed E-state index contributed by atoms with van der Waals surface area (Å²) in [5.74, 6) is 0.182. The molecule has 178 valence electrons. The number of aromatic nitrogens is 4. The van der Waals surface area contributed by atoms with E-state index >= 15 is 0 Å². The highest BCUT2D eigenvalue weighted by molar-refractivity contribution is 5.96. The van der Waals surface area contributed by atoms with Crippen LogP contribution in [0.1, 0.15) is 46.7 Å². The Morgan fingerprint density at radius 2 is 1.94 bits per heavy atom. The second kappa shape index (κ2) is 8.11. The van der Waals surface area contributed by atoms with Gasteiger partial charge < -0.3 is 10.2 Å². The molecule has 1 atom stereocenters. The van der Waals surface area contributed by atoms with E-state index in [-0.39, 0.29) is 17.4 Å². The number of alkyl halides is 3. The summed E-state index contributed by atoms with van der Waals surface area (Å²) in [6, 6.07) is 7.78. The second-order valence-corrected chi connectivity index (χ2v) is 9.32. The number of carbonyl (C=O) groups excluding carboxylic acids is 1. The van der Waals surface area contributed by atoms with E-state index in [0.717, 1.165) is 42.9 Å². The van der Waals surface area contributed by atoms with Gasteiger partial charge in [-0.1, -0.05) is 0 Å². The third kappa shape index (κ3) is 4.36. The summed E-state index contributed by atoms with van der Waals surface area (Å²) < 4.78 is 40.1. The minimum atomic E-state index is -4.43. The van der Waals surface area contributed by atoms with Crippen molar-refractivity contribution in [2.75, 3.05) is 18.4 Å². The van der Waals surface area contributed by atoms with Crippen LogP contribution < -0.4 is 5.32 Å². The summed E-state index contributed by atoms with van der Waals surface area (Å²) in [6.07, 6.45) is 1.17. The van der Waals surface area contributed by atoms with Crippen molar-refractivity contribution in [2.24, 2.45) is 5.41 Å². The number of pyridine rings is 2. The van der Waals surface area contributed by atoms with E-state index in [1.54, 1.807) is 10.9 Å². The lowest BCUT2D eigenvalue weighted by molar-refractivity contribution is -0.137. The largest absolute Gasteiger partial charge is 0.417 e. The quantitative estimate of drug-likeness (QED) is 0.598. The lowest BCUT2D eigenvalue weighted by atomic mass is 10.0. The number of nitrogens with zero attached hydrogens (tertiary/aromatic N) is 5. The van der Waals surface area contributed by atoms with Gasteiger partial charge in [-0.2, -0.15) is 18.3 Å². The van der Waals surface area contributed by atoms with Gasteiger partial charge in [-0.3, -0.25) is 4.79 Å². The van der Waals surface area contributed by atoms with Crippen molar-refractivity contribution in [1.82, 2.24) is 24.6 Å². The molecule has 1 aliphatic heterocycles. The molecule has 5 rings (SSSR count). The fourth-order valence-electron chi connectivity index (χ4n) is 4.59. The van der Waals surface area contributed by atoms with Gasteiger partial charge in [0.1, 0.15) is 5.82 Å². The predicted molar refractivity (Wildman–Crippen MR) is 120 cm³/mol. The van der Waals surface area contributed by atoms with Gasteiger partial charge in [0.15, 0.2) is 5.69 Å². The molecule has 1 spiro atoms. The number of aryl methyl sites for hydroxylation is 2. The Morgan fingerprint density at radius 1 is 1.15 bits per heavy atom. The third-order valence-electron chi connectivity index (χ3n) is 6.63. The minimum Gasteiger partial charge on any atom is -0.368 e. The van der Waals surface area contributed by atoms with Crippen molar-refractivity contribution in [1.29, 1.82) is 0 Å². The van der Waals surface area contributed by atoms with Crippen LogP contribution in [-0.2, 0) is 6.18 Å². The number of carbonyl (C=O) groups is 1. The molecule has 0 aromatic carbocycles. The molecule has 10 heteroatoms. The van der Waals surface area contributed by atoms with Gasteiger partial charge in [0.05, 0.1) is 16.9 Å². The van der Waals surface area contributed by atoms with Crippen LogP contribution in [0.2, 0.25) is 0 Å². The fraction of sp³-hybridized carbons (Fsp3) is 0.417. The molecule has 34 heavy (non-hydrogen) atoms. The van der Waals surface area contributed by atoms with E-state index < -0.39 is 11.7 Å². The molecule has 1 saturated carbocycles. The molecule has 2 fully saturated rings. The zero-order chi connectivity index (χ0) is 24.1. The number of hydrogen-bond donors (Lipinski definition) is 1. The molecule has 1 N–H and O–H groups in total. The lowest BCUT2D eigenvalue weighted by Crippen LogP contribution is -2.40. The number of anilines is 1. The van der Waals surface area contributed by atoms with Crippen molar-refractivity contribution >= 4 is 11.7 Å². The highest BCUT2D eigenvalue weighted by Crippen LogP contribution is 2.55. The van der Waals surface area contributed by atoms with Crippen LogP contribution in [0.25, 0.3) is 5.69 Å². The SMILES string of the molecule is Cc1ccc(-n2ccc(C)n2)c(C(=O)N2CC3(CC3)CC2CNc2ccc(C(F)(F)F)cn2)n1. The van der Waals surface area contributed by atoms with Gasteiger partial charge in [-0.25, -0.2) is 14.6 Å². The predicted octanol–water partition coefficient (Wildman–Crippen LogP) is 4.40. The number of likely N-dealkylation sites (tertiary alicyclic amines) is 1. The van der Waals surface area contributed by atoms with E-state index in [1.165, 1.54) is 6.07 Å². The normalized spacial score (nSPS) is 19.0. The standard InChI is InChI=1S/C24H25F3N6O/c1-15-3-5-19(33-10-7-16(2)31-33)21(30-15)22(34)32-14-23(8-9-23)11-18(32)13-29-20-6-4-17(12-28-20)24(25,26)27/h3-7,10,12,18H,8-9,11,13-14H2,1-2H3,(H,28,29). The Kier molecular flexibility index (Phi) is 5.33. The Balaban J connectivity index is 1.37. The molecule has 1 amide bonds. The second-order valence-electron chi connectivity index (χ2n) is 9.32. The van der Waals surface area contributed by atoms with Crippen LogP contribution in [0, 0.1) is 19.3 Å². The van der Waals surface area contributed by atoms with E-state index in [4.69, 9.17) is 0 Å².